The summed E-state index contributed by atoms with van der Waals surface area (Å²) in [6, 6.07) is 3.91. The van der Waals surface area contributed by atoms with Crippen LogP contribution >= 0.6 is 0 Å². The first-order chi connectivity index (χ1) is 11.9. The maximum absolute atomic E-state index is 12.2. The summed E-state index contributed by atoms with van der Waals surface area (Å²) in [6.07, 6.45) is 6.80. The fourth-order valence-corrected chi connectivity index (χ4v) is 3.35. The lowest BCUT2D eigenvalue weighted by molar-refractivity contribution is -0.131. The highest BCUT2D eigenvalue weighted by Gasteiger charge is 2.25. The Balaban J connectivity index is 1.58. The molecule has 1 aliphatic heterocycles. The molecular weight excluding hydrogens is 342 g/mol. The SMILES string of the molecule is CS(=O)(=O)CCC(=O)N1CCc2oc(CCc3cccnc3)nc2C1. The summed E-state index contributed by atoms with van der Waals surface area (Å²) in [7, 11) is -3.13. The summed E-state index contributed by atoms with van der Waals surface area (Å²) in [4.78, 5) is 22.4. The van der Waals surface area contributed by atoms with Crippen LogP contribution in [-0.4, -0.2) is 47.7 Å². The third kappa shape index (κ3) is 4.88. The first-order valence-electron chi connectivity index (χ1n) is 8.22. The van der Waals surface area contributed by atoms with Gasteiger partial charge in [0.1, 0.15) is 21.3 Å². The van der Waals surface area contributed by atoms with Crippen LogP contribution in [0, 0.1) is 0 Å². The van der Waals surface area contributed by atoms with Gasteiger partial charge in [0.15, 0.2) is 5.89 Å². The van der Waals surface area contributed by atoms with E-state index in [0.29, 0.717) is 31.8 Å². The zero-order valence-electron chi connectivity index (χ0n) is 14.1. The molecule has 0 saturated carbocycles. The van der Waals surface area contributed by atoms with E-state index in [-0.39, 0.29) is 18.1 Å². The third-order valence-electron chi connectivity index (χ3n) is 4.16. The van der Waals surface area contributed by atoms with Gasteiger partial charge < -0.3 is 9.32 Å². The van der Waals surface area contributed by atoms with E-state index in [0.717, 1.165) is 29.7 Å². The van der Waals surface area contributed by atoms with Crippen molar-refractivity contribution in [2.24, 2.45) is 0 Å². The normalized spacial score (nSPS) is 14.4. The van der Waals surface area contributed by atoms with E-state index in [1.165, 1.54) is 0 Å². The van der Waals surface area contributed by atoms with Crippen LogP contribution in [0.2, 0.25) is 0 Å². The number of nitrogens with zero attached hydrogens (tertiary/aromatic N) is 3. The number of fused-ring (bicyclic) bond motifs is 1. The monoisotopic (exact) mass is 363 g/mol. The summed E-state index contributed by atoms with van der Waals surface area (Å²) in [5.74, 6) is 1.22. The first kappa shape index (κ1) is 17.6. The minimum atomic E-state index is -3.13. The molecule has 7 nitrogen and oxygen atoms in total. The van der Waals surface area contributed by atoms with Gasteiger partial charge in [-0.15, -0.1) is 0 Å². The van der Waals surface area contributed by atoms with Crippen molar-refractivity contribution in [1.29, 1.82) is 0 Å². The van der Waals surface area contributed by atoms with Gasteiger partial charge >= 0.3 is 0 Å². The van der Waals surface area contributed by atoms with Crippen molar-refractivity contribution in [3.8, 4) is 0 Å². The highest BCUT2D eigenvalue weighted by molar-refractivity contribution is 7.90. The molecule has 134 valence electrons. The molecule has 0 N–H and O–H groups in total. The van der Waals surface area contributed by atoms with Crippen molar-refractivity contribution < 1.29 is 17.6 Å². The Bertz CT molecular complexity index is 846. The number of aryl methyl sites for hydroxylation is 2. The fourth-order valence-electron chi connectivity index (χ4n) is 2.80. The molecule has 25 heavy (non-hydrogen) atoms. The molecule has 0 aromatic carbocycles. The number of aromatic nitrogens is 2. The number of hydrogen-bond acceptors (Lipinski definition) is 6. The lowest BCUT2D eigenvalue weighted by Crippen LogP contribution is -2.36. The fraction of sp³-hybridized carbons (Fsp3) is 0.471. The number of pyridine rings is 1. The number of rotatable bonds is 6. The van der Waals surface area contributed by atoms with E-state index in [9.17, 15) is 13.2 Å². The average Bonchev–Trinajstić information content (AvgIpc) is 3.00. The Morgan fingerprint density at radius 3 is 2.92 bits per heavy atom. The van der Waals surface area contributed by atoms with Crippen LogP contribution in [-0.2, 0) is 40.4 Å². The van der Waals surface area contributed by atoms with E-state index in [1.54, 1.807) is 11.1 Å². The molecule has 0 radical (unpaired) electrons. The summed E-state index contributed by atoms with van der Waals surface area (Å²) >= 11 is 0. The van der Waals surface area contributed by atoms with Crippen LogP contribution < -0.4 is 0 Å². The molecule has 3 heterocycles. The molecule has 2 aromatic heterocycles. The van der Waals surface area contributed by atoms with Crippen molar-refractivity contribution in [2.75, 3.05) is 18.6 Å². The lowest BCUT2D eigenvalue weighted by atomic mass is 10.1. The summed E-state index contributed by atoms with van der Waals surface area (Å²) in [6.45, 7) is 0.918. The zero-order valence-corrected chi connectivity index (χ0v) is 15.0. The second kappa shape index (κ2) is 7.35. The summed E-state index contributed by atoms with van der Waals surface area (Å²) in [5.41, 5.74) is 1.90. The quantitative estimate of drug-likeness (QED) is 0.765. The van der Waals surface area contributed by atoms with Gasteiger partial charge in [-0.1, -0.05) is 6.07 Å². The zero-order chi connectivity index (χ0) is 17.9. The Morgan fingerprint density at radius 1 is 1.36 bits per heavy atom. The molecule has 3 rings (SSSR count). The number of hydrogen-bond donors (Lipinski definition) is 0. The van der Waals surface area contributed by atoms with Gasteiger partial charge in [-0.3, -0.25) is 9.78 Å². The van der Waals surface area contributed by atoms with Gasteiger partial charge in [-0.2, -0.15) is 0 Å². The second-order valence-corrected chi connectivity index (χ2v) is 8.54. The number of sulfone groups is 1. The predicted molar refractivity (Wildman–Crippen MR) is 91.6 cm³/mol. The Labute approximate surface area is 147 Å². The van der Waals surface area contributed by atoms with Crippen molar-refractivity contribution in [3.63, 3.8) is 0 Å². The predicted octanol–water partition coefficient (Wildman–Crippen LogP) is 1.17. The van der Waals surface area contributed by atoms with Crippen molar-refractivity contribution >= 4 is 15.7 Å². The maximum Gasteiger partial charge on any atom is 0.223 e. The lowest BCUT2D eigenvalue weighted by Gasteiger charge is -2.25. The van der Waals surface area contributed by atoms with E-state index < -0.39 is 9.84 Å². The van der Waals surface area contributed by atoms with Gasteiger partial charge in [0.25, 0.3) is 0 Å². The Hall–Kier alpha value is -2.22. The van der Waals surface area contributed by atoms with E-state index in [4.69, 9.17) is 4.42 Å². The minimum absolute atomic E-state index is 0.0138. The van der Waals surface area contributed by atoms with Crippen molar-refractivity contribution in [3.05, 3.63) is 47.4 Å². The maximum atomic E-state index is 12.2. The average molecular weight is 363 g/mol. The van der Waals surface area contributed by atoms with E-state index in [2.05, 4.69) is 9.97 Å². The van der Waals surface area contributed by atoms with Gasteiger partial charge in [0.2, 0.25) is 5.91 Å². The minimum Gasteiger partial charge on any atom is -0.445 e. The third-order valence-corrected chi connectivity index (χ3v) is 5.11. The molecule has 0 fully saturated rings. The highest BCUT2D eigenvalue weighted by atomic mass is 32.2. The van der Waals surface area contributed by atoms with Crippen molar-refractivity contribution in [1.82, 2.24) is 14.9 Å². The van der Waals surface area contributed by atoms with Gasteiger partial charge in [-0.05, 0) is 18.1 Å². The molecule has 0 unspecified atom stereocenters. The highest BCUT2D eigenvalue weighted by Crippen LogP contribution is 2.21. The Morgan fingerprint density at radius 2 is 2.20 bits per heavy atom. The van der Waals surface area contributed by atoms with Crippen LogP contribution in [0.4, 0.5) is 0 Å². The van der Waals surface area contributed by atoms with Crippen LogP contribution in [0.1, 0.15) is 29.3 Å². The summed E-state index contributed by atoms with van der Waals surface area (Å²) < 4.78 is 28.2. The van der Waals surface area contributed by atoms with E-state index in [1.807, 2.05) is 18.3 Å². The van der Waals surface area contributed by atoms with Gasteiger partial charge in [-0.25, -0.2) is 13.4 Å². The molecule has 1 aliphatic rings. The van der Waals surface area contributed by atoms with Crippen LogP contribution in [0.5, 0.6) is 0 Å². The van der Waals surface area contributed by atoms with Crippen LogP contribution in [0.3, 0.4) is 0 Å². The Kier molecular flexibility index (Phi) is 5.17. The molecular formula is C17H21N3O4S. The smallest absolute Gasteiger partial charge is 0.223 e. The molecule has 0 bridgehead atoms. The number of carbonyl (C=O) groups is 1. The van der Waals surface area contributed by atoms with E-state index >= 15 is 0 Å². The molecule has 8 heteroatoms. The molecule has 0 aliphatic carbocycles. The van der Waals surface area contributed by atoms with Crippen LogP contribution in [0.15, 0.2) is 28.9 Å². The molecule has 0 atom stereocenters. The first-order valence-corrected chi connectivity index (χ1v) is 10.3. The standard InChI is InChI=1S/C17H21N3O4S/c1-25(22,23)10-7-17(21)20-9-6-15-14(12-20)19-16(24-15)5-4-13-3-2-8-18-11-13/h2-3,8,11H,4-7,9-10,12H2,1H3. The van der Waals surface area contributed by atoms with Crippen molar-refractivity contribution in [2.45, 2.75) is 32.2 Å². The topological polar surface area (TPSA) is 93.4 Å². The molecule has 0 saturated heterocycles. The molecule has 0 spiro atoms. The summed E-state index contributed by atoms with van der Waals surface area (Å²) in [5, 5.41) is 0. The largest absolute Gasteiger partial charge is 0.445 e. The van der Waals surface area contributed by atoms with Crippen LogP contribution in [0.25, 0.3) is 0 Å². The van der Waals surface area contributed by atoms with Gasteiger partial charge in [0.05, 0.1) is 12.3 Å². The number of oxazole rings is 1. The second-order valence-electron chi connectivity index (χ2n) is 6.28. The molecule has 2 aromatic rings. The number of carbonyl (C=O) groups excluding carboxylic acids is 1. The molecule has 1 amide bonds. The van der Waals surface area contributed by atoms with Gasteiger partial charge in [0, 0.05) is 44.5 Å². The number of amides is 1.